The third-order valence-electron chi connectivity index (χ3n) is 4.36. The Morgan fingerprint density at radius 2 is 1.15 bits per heavy atom. The number of nitrogens with zero attached hydrogens (tertiary/aromatic N) is 1. The van der Waals surface area contributed by atoms with Crippen molar-refractivity contribution >= 4 is 29.8 Å². The van der Waals surface area contributed by atoms with Crippen molar-refractivity contribution in [2.24, 2.45) is 45.1 Å². The molecule has 0 aliphatic carbocycles. The molecule has 16 heteroatoms. The molecule has 0 aliphatic heterocycles. The summed E-state index contributed by atoms with van der Waals surface area (Å²) in [7, 11) is 0. The molecule has 0 saturated heterocycles. The summed E-state index contributed by atoms with van der Waals surface area (Å²) in [6.45, 7) is 0.746. The highest BCUT2D eigenvalue weighted by Crippen LogP contribution is 2.01. The molecular weight excluding hydrogens is 516 g/mol. The van der Waals surface area contributed by atoms with Gasteiger partial charge in [-0.2, -0.15) is 0 Å². The topological polar surface area (TPSA) is 344 Å². The number of carboxylic acid groups (broad SMARTS) is 4. The quantitative estimate of drug-likeness (QED) is 0.0644. The highest BCUT2D eigenvalue weighted by atomic mass is 16.4. The molecule has 3 atom stereocenters. The molecule has 0 bridgehead atoms. The summed E-state index contributed by atoms with van der Waals surface area (Å²) >= 11 is 0. The van der Waals surface area contributed by atoms with Crippen LogP contribution in [0.25, 0.3) is 0 Å². The van der Waals surface area contributed by atoms with Crippen molar-refractivity contribution in [3.05, 3.63) is 35.9 Å². The van der Waals surface area contributed by atoms with Crippen molar-refractivity contribution in [2.45, 2.75) is 56.7 Å². The van der Waals surface area contributed by atoms with E-state index < -0.39 is 42.0 Å². The maximum absolute atomic E-state index is 10.4. The highest BCUT2D eigenvalue weighted by molar-refractivity contribution is 5.75. The fraction of sp³-hybridized carbons (Fsp3) is 0.522. The van der Waals surface area contributed by atoms with E-state index in [-0.39, 0.29) is 12.5 Å². The van der Waals surface area contributed by atoms with Gasteiger partial charge in [-0.3, -0.25) is 24.2 Å². The van der Waals surface area contributed by atoms with E-state index in [1.54, 1.807) is 0 Å². The molecule has 0 saturated carbocycles. The summed E-state index contributed by atoms with van der Waals surface area (Å²) in [4.78, 5) is 43.7. The predicted molar refractivity (Wildman–Crippen MR) is 146 cm³/mol. The molecule has 224 valence electrons. The fourth-order valence-electron chi connectivity index (χ4n) is 2.23. The van der Waals surface area contributed by atoms with E-state index in [2.05, 4.69) is 10.7 Å². The van der Waals surface area contributed by atoms with Crippen molar-refractivity contribution in [3.8, 4) is 0 Å². The Balaban J connectivity index is -0.000000461. The van der Waals surface area contributed by atoms with Crippen molar-refractivity contribution in [3.63, 3.8) is 0 Å². The van der Waals surface area contributed by atoms with E-state index in [4.69, 9.17) is 54.8 Å². The number of unbranched alkanes of at least 4 members (excludes halogenated alkanes) is 1. The first-order valence-electron chi connectivity index (χ1n) is 11.9. The zero-order valence-electron chi connectivity index (χ0n) is 21.9. The Bertz CT molecular complexity index is 839. The van der Waals surface area contributed by atoms with E-state index in [1.165, 1.54) is 0 Å². The Morgan fingerprint density at radius 3 is 1.51 bits per heavy atom. The van der Waals surface area contributed by atoms with Gasteiger partial charge in [0.25, 0.3) is 0 Å². The number of aliphatic imine (C=N–C) groups is 1. The average Bonchev–Trinajstić information content (AvgIpc) is 2.88. The standard InChI is InChI=1S/C9H11NO2.C6H14N4O2.C6H14N2O2.C2H5NO2/c10-8(9(11)12)6-7-4-2-1-3-5-7;7-4(5(11)12)2-1-3-10-6(8)9;7-4-2-1-3-5(8)6(9)10;3-1-2(4)5/h1-5,8H,6,10H2,(H,11,12);4H,1-3,7H2,(H,11,12)(H4,8,9,10);5H,1-4,7-8H2,(H,9,10);1,3H2,(H,4,5)/t8-;4-;5-;/m000./s1. The summed E-state index contributed by atoms with van der Waals surface area (Å²) in [6, 6.07) is 7.01. The number of hydrogen-bond acceptors (Lipinski definition) is 10. The Morgan fingerprint density at radius 1 is 0.718 bits per heavy atom. The van der Waals surface area contributed by atoms with Crippen LogP contribution in [0.1, 0.15) is 37.7 Å². The molecular formula is C23H44N8O8. The monoisotopic (exact) mass is 560 g/mol. The zero-order valence-corrected chi connectivity index (χ0v) is 21.9. The summed E-state index contributed by atoms with van der Waals surface area (Å²) < 4.78 is 0. The van der Waals surface area contributed by atoms with E-state index >= 15 is 0 Å². The van der Waals surface area contributed by atoms with E-state index in [0.717, 1.165) is 18.4 Å². The van der Waals surface area contributed by atoms with Crippen LogP contribution in [0.3, 0.4) is 0 Å². The van der Waals surface area contributed by atoms with Gasteiger partial charge in [-0.25, -0.2) is 0 Å². The molecule has 1 rings (SSSR count). The van der Waals surface area contributed by atoms with Gasteiger partial charge < -0.3 is 60.6 Å². The second-order valence-electron chi connectivity index (χ2n) is 7.86. The number of carbonyl (C=O) groups is 4. The van der Waals surface area contributed by atoms with Crippen molar-refractivity contribution in [1.82, 2.24) is 0 Å². The van der Waals surface area contributed by atoms with Crippen LogP contribution < -0.4 is 40.1 Å². The SMILES string of the molecule is NC(N)=NCCC[C@H](N)C(=O)O.NCC(=O)O.NCCCC[C@H](N)C(=O)O.N[C@@H](Cc1ccccc1)C(=O)O. The predicted octanol–water partition coefficient (Wildman–Crippen LogP) is -2.35. The van der Waals surface area contributed by atoms with Crippen LogP contribution in [0, 0.1) is 0 Å². The molecule has 0 heterocycles. The third-order valence-corrected chi connectivity index (χ3v) is 4.36. The molecule has 0 aromatic heterocycles. The van der Waals surface area contributed by atoms with Crippen LogP contribution in [0.15, 0.2) is 35.3 Å². The van der Waals surface area contributed by atoms with Crippen LogP contribution >= 0.6 is 0 Å². The van der Waals surface area contributed by atoms with Gasteiger partial charge in [0.2, 0.25) is 0 Å². The maximum Gasteiger partial charge on any atom is 0.320 e. The minimum Gasteiger partial charge on any atom is -0.480 e. The van der Waals surface area contributed by atoms with E-state index in [1.807, 2.05) is 30.3 Å². The van der Waals surface area contributed by atoms with Crippen LogP contribution in [0.5, 0.6) is 0 Å². The summed E-state index contributed by atoms with van der Waals surface area (Å²) in [6.07, 6.45) is 3.51. The number of carboxylic acids is 4. The van der Waals surface area contributed by atoms with Crippen LogP contribution in [-0.4, -0.2) is 88.0 Å². The maximum atomic E-state index is 10.4. The highest BCUT2D eigenvalue weighted by Gasteiger charge is 2.11. The Hall–Kier alpha value is -3.83. The van der Waals surface area contributed by atoms with Gasteiger partial charge in [-0.15, -0.1) is 0 Å². The van der Waals surface area contributed by atoms with E-state index in [9.17, 15) is 19.2 Å². The van der Waals surface area contributed by atoms with Gasteiger partial charge in [-0.1, -0.05) is 36.8 Å². The van der Waals surface area contributed by atoms with Crippen LogP contribution in [-0.2, 0) is 25.6 Å². The van der Waals surface area contributed by atoms with Crippen LogP contribution in [0.4, 0.5) is 0 Å². The first kappa shape index (κ1) is 39.7. The molecule has 0 amide bonds. The van der Waals surface area contributed by atoms with Gasteiger partial charge >= 0.3 is 23.9 Å². The lowest BCUT2D eigenvalue weighted by Gasteiger charge is -2.04. The Kier molecular flexibility index (Phi) is 26.3. The zero-order chi connectivity index (χ0) is 30.8. The summed E-state index contributed by atoms with van der Waals surface area (Å²) in [5, 5.41) is 32.8. The van der Waals surface area contributed by atoms with Gasteiger partial charge in [-0.05, 0) is 44.2 Å². The largest absolute Gasteiger partial charge is 0.480 e. The molecule has 0 radical (unpaired) electrons. The normalized spacial score (nSPS) is 11.8. The summed E-state index contributed by atoms with van der Waals surface area (Å²) in [5.74, 6) is -3.85. The number of nitrogens with two attached hydrogens (primary N) is 7. The molecule has 1 aromatic rings. The molecule has 39 heavy (non-hydrogen) atoms. The van der Waals surface area contributed by atoms with Gasteiger partial charge in [0.15, 0.2) is 5.96 Å². The molecule has 16 nitrogen and oxygen atoms in total. The number of rotatable bonds is 14. The molecule has 1 aromatic carbocycles. The van der Waals surface area contributed by atoms with Crippen LogP contribution in [0.2, 0.25) is 0 Å². The van der Waals surface area contributed by atoms with Crippen molar-refractivity contribution in [2.75, 3.05) is 19.6 Å². The lowest BCUT2D eigenvalue weighted by Crippen LogP contribution is -2.32. The second-order valence-corrected chi connectivity index (χ2v) is 7.86. The third kappa shape index (κ3) is 30.3. The molecule has 0 unspecified atom stereocenters. The van der Waals surface area contributed by atoms with Crippen molar-refractivity contribution in [1.29, 1.82) is 0 Å². The molecule has 0 aliphatic rings. The molecule has 0 spiro atoms. The Labute approximate surface area is 227 Å². The average molecular weight is 561 g/mol. The van der Waals surface area contributed by atoms with Crippen molar-refractivity contribution < 1.29 is 39.6 Å². The first-order chi connectivity index (χ1) is 18.2. The number of benzene rings is 1. The van der Waals surface area contributed by atoms with Gasteiger partial charge in [0.05, 0.1) is 6.54 Å². The minimum absolute atomic E-state index is 0.0129. The molecule has 0 fully saturated rings. The second kappa shape index (κ2) is 25.8. The number of guanidine groups is 1. The number of aliphatic carboxylic acids is 4. The summed E-state index contributed by atoms with van der Waals surface area (Å²) in [5.41, 5.74) is 36.6. The fourth-order valence-corrected chi connectivity index (χ4v) is 2.23. The smallest absolute Gasteiger partial charge is 0.320 e. The molecule has 18 N–H and O–H groups in total. The first-order valence-corrected chi connectivity index (χ1v) is 11.9. The lowest BCUT2D eigenvalue weighted by molar-refractivity contribution is -0.139. The van der Waals surface area contributed by atoms with Gasteiger partial charge in [0.1, 0.15) is 18.1 Å². The van der Waals surface area contributed by atoms with Gasteiger partial charge in [0, 0.05) is 6.54 Å². The minimum atomic E-state index is -1.00. The van der Waals surface area contributed by atoms with E-state index in [0.29, 0.717) is 38.8 Å². The lowest BCUT2D eigenvalue weighted by atomic mass is 10.1. The number of hydrogen-bond donors (Lipinski definition) is 11.